The van der Waals surface area contributed by atoms with Crippen molar-refractivity contribution in [2.45, 2.75) is 6.61 Å². The molecule has 0 fully saturated rings. The molecular weight excluding hydrogens is 395 g/mol. The Kier molecular flexibility index (Phi) is 6.13. The smallest absolute Gasteiger partial charge is 0.255 e. The summed E-state index contributed by atoms with van der Waals surface area (Å²) < 4.78 is 43.7. The number of benzene rings is 3. The predicted molar refractivity (Wildman–Crippen MR) is 110 cm³/mol. The molecule has 8 heteroatoms. The number of hydrogen-bond donors (Lipinski definition) is 2. The standard InChI is InChI=1S/C21H19FN2O4S/c1-29(26,27)24-19-6-3-5-18(13-19)23-21(25)16-4-2-7-20(12-16)28-14-15-8-10-17(22)11-9-15/h2-13,24H,14H2,1H3,(H,23,25). The number of ether oxygens (including phenoxy) is 1. The fraction of sp³-hybridized carbons (Fsp3) is 0.0952. The molecule has 150 valence electrons. The Hall–Kier alpha value is -3.39. The normalized spacial score (nSPS) is 11.0. The summed E-state index contributed by atoms with van der Waals surface area (Å²) in [4.78, 5) is 12.5. The first-order chi connectivity index (χ1) is 13.8. The molecule has 0 saturated carbocycles. The van der Waals surface area contributed by atoms with Crippen molar-refractivity contribution in [3.8, 4) is 5.75 Å². The van der Waals surface area contributed by atoms with Gasteiger partial charge in [0.15, 0.2) is 0 Å². The molecule has 3 rings (SSSR count). The second kappa shape index (κ2) is 8.74. The van der Waals surface area contributed by atoms with E-state index in [-0.39, 0.29) is 18.3 Å². The first kappa shape index (κ1) is 20.3. The zero-order chi connectivity index (χ0) is 20.9. The Balaban J connectivity index is 1.66. The van der Waals surface area contributed by atoms with Crippen molar-refractivity contribution in [2.24, 2.45) is 0 Å². The second-order valence-electron chi connectivity index (χ2n) is 6.35. The van der Waals surface area contributed by atoms with E-state index < -0.39 is 10.0 Å². The van der Waals surface area contributed by atoms with Gasteiger partial charge >= 0.3 is 0 Å². The van der Waals surface area contributed by atoms with Crippen LogP contribution >= 0.6 is 0 Å². The van der Waals surface area contributed by atoms with Crippen LogP contribution in [0.3, 0.4) is 0 Å². The van der Waals surface area contributed by atoms with E-state index in [1.54, 1.807) is 54.6 Å². The number of halogens is 1. The first-order valence-electron chi connectivity index (χ1n) is 8.65. The third kappa shape index (κ3) is 6.32. The molecule has 0 aliphatic heterocycles. The van der Waals surface area contributed by atoms with Crippen LogP contribution in [-0.2, 0) is 16.6 Å². The van der Waals surface area contributed by atoms with Gasteiger partial charge in [-0.25, -0.2) is 12.8 Å². The number of rotatable bonds is 7. The Labute approximate surface area is 168 Å². The van der Waals surface area contributed by atoms with Gasteiger partial charge in [0, 0.05) is 11.3 Å². The highest BCUT2D eigenvalue weighted by atomic mass is 32.2. The highest BCUT2D eigenvalue weighted by molar-refractivity contribution is 7.92. The van der Waals surface area contributed by atoms with Crippen LogP contribution in [0.15, 0.2) is 72.8 Å². The molecule has 0 radical (unpaired) electrons. The summed E-state index contributed by atoms with van der Waals surface area (Å²) in [5.41, 5.74) is 1.97. The molecular formula is C21H19FN2O4S. The van der Waals surface area contributed by atoms with E-state index in [2.05, 4.69) is 10.0 Å². The van der Waals surface area contributed by atoms with Crippen LogP contribution in [0.25, 0.3) is 0 Å². The molecule has 3 aromatic carbocycles. The van der Waals surface area contributed by atoms with Gasteiger partial charge in [0.05, 0.1) is 11.9 Å². The van der Waals surface area contributed by atoms with E-state index in [0.29, 0.717) is 22.7 Å². The lowest BCUT2D eigenvalue weighted by molar-refractivity contribution is 0.102. The zero-order valence-corrected chi connectivity index (χ0v) is 16.4. The van der Waals surface area contributed by atoms with Crippen molar-refractivity contribution in [3.63, 3.8) is 0 Å². The van der Waals surface area contributed by atoms with Crippen molar-refractivity contribution in [1.29, 1.82) is 0 Å². The fourth-order valence-electron chi connectivity index (χ4n) is 2.55. The molecule has 1 amide bonds. The summed E-state index contributed by atoms with van der Waals surface area (Å²) in [5.74, 6) is -0.188. The van der Waals surface area contributed by atoms with Crippen LogP contribution in [0.2, 0.25) is 0 Å². The van der Waals surface area contributed by atoms with Gasteiger partial charge in [-0.1, -0.05) is 24.3 Å². The van der Waals surface area contributed by atoms with E-state index >= 15 is 0 Å². The van der Waals surface area contributed by atoms with Gasteiger partial charge in [-0.15, -0.1) is 0 Å². The average Bonchev–Trinajstić information content (AvgIpc) is 2.67. The van der Waals surface area contributed by atoms with Gasteiger partial charge < -0.3 is 10.1 Å². The molecule has 29 heavy (non-hydrogen) atoms. The Morgan fingerprint density at radius 2 is 1.66 bits per heavy atom. The Bertz CT molecular complexity index is 1120. The molecule has 0 unspecified atom stereocenters. The monoisotopic (exact) mass is 414 g/mol. The number of anilines is 2. The maximum Gasteiger partial charge on any atom is 0.255 e. The van der Waals surface area contributed by atoms with Crippen LogP contribution in [0.4, 0.5) is 15.8 Å². The maximum atomic E-state index is 13.0. The summed E-state index contributed by atoms with van der Waals surface area (Å²) in [6, 6.07) is 19.0. The number of carbonyl (C=O) groups excluding carboxylic acids is 1. The summed E-state index contributed by atoms with van der Waals surface area (Å²) >= 11 is 0. The van der Waals surface area contributed by atoms with Gasteiger partial charge in [-0.3, -0.25) is 9.52 Å². The lowest BCUT2D eigenvalue weighted by atomic mass is 10.2. The molecule has 0 spiro atoms. The molecule has 0 atom stereocenters. The van der Waals surface area contributed by atoms with E-state index in [9.17, 15) is 17.6 Å². The van der Waals surface area contributed by atoms with E-state index in [1.807, 2.05) is 0 Å². The molecule has 3 aromatic rings. The summed E-state index contributed by atoms with van der Waals surface area (Å²) in [7, 11) is -3.41. The third-order valence-electron chi connectivity index (χ3n) is 3.84. The molecule has 0 aromatic heterocycles. The molecule has 0 aliphatic carbocycles. The molecule has 0 saturated heterocycles. The number of sulfonamides is 1. The number of hydrogen-bond acceptors (Lipinski definition) is 4. The Morgan fingerprint density at radius 3 is 2.38 bits per heavy atom. The van der Waals surface area contributed by atoms with Gasteiger partial charge in [0.2, 0.25) is 10.0 Å². The van der Waals surface area contributed by atoms with Crippen LogP contribution in [0.5, 0.6) is 5.75 Å². The number of carbonyl (C=O) groups is 1. The molecule has 0 heterocycles. The maximum absolute atomic E-state index is 13.0. The van der Waals surface area contributed by atoms with Gasteiger partial charge in [0.1, 0.15) is 18.2 Å². The largest absolute Gasteiger partial charge is 0.489 e. The lowest BCUT2D eigenvalue weighted by Crippen LogP contribution is -2.13. The highest BCUT2D eigenvalue weighted by Gasteiger charge is 2.09. The second-order valence-corrected chi connectivity index (χ2v) is 8.10. The van der Waals surface area contributed by atoms with Crippen molar-refractivity contribution < 1.29 is 22.3 Å². The SMILES string of the molecule is CS(=O)(=O)Nc1cccc(NC(=O)c2cccc(OCc3ccc(F)cc3)c2)c1. The fourth-order valence-corrected chi connectivity index (χ4v) is 3.11. The minimum atomic E-state index is -3.41. The average molecular weight is 414 g/mol. The van der Waals surface area contributed by atoms with Crippen LogP contribution in [0, 0.1) is 5.82 Å². The highest BCUT2D eigenvalue weighted by Crippen LogP contribution is 2.19. The number of amides is 1. The van der Waals surface area contributed by atoms with Crippen LogP contribution in [-0.4, -0.2) is 20.6 Å². The van der Waals surface area contributed by atoms with Crippen molar-refractivity contribution in [1.82, 2.24) is 0 Å². The minimum absolute atomic E-state index is 0.241. The molecule has 2 N–H and O–H groups in total. The summed E-state index contributed by atoms with van der Waals surface area (Å²) in [5, 5.41) is 2.72. The molecule has 6 nitrogen and oxygen atoms in total. The molecule has 0 bridgehead atoms. The van der Waals surface area contributed by atoms with Crippen molar-refractivity contribution in [2.75, 3.05) is 16.3 Å². The molecule has 0 aliphatic rings. The van der Waals surface area contributed by atoms with Gasteiger partial charge in [-0.05, 0) is 54.1 Å². The van der Waals surface area contributed by atoms with Crippen LogP contribution in [0.1, 0.15) is 15.9 Å². The quantitative estimate of drug-likeness (QED) is 0.611. The van der Waals surface area contributed by atoms with E-state index in [4.69, 9.17) is 4.74 Å². The van der Waals surface area contributed by atoms with Gasteiger partial charge in [-0.2, -0.15) is 0 Å². The van der Waals surface area contributed by atoms with Crippen LogP contribution < -0.4 is 14.8 Å². The third-order valence-corrected chi connectivity index (χ3v) is 4.45. The lowest BCUT2D eigenvalue weighted by Gasteiger charge is -2.10. The van der Waals surface area contributed by atoms with Crippen molar-refractivity contribution in [3.05, 3.63) is 89.7 Å². The number of nitrogens with one attached hydrogen (secondary N) is 2. The Morgan fingerprint density at radius 1 is 0.966 bits per heavy atom. The first-order valence-corrected chi connectivity index (χ1v) is 10.5. The van der Waals surface area contributed by atoms with Gasteiger partial charge in [0.25, 0.3) is 5.91 Å². The van der Waals surface area contributed by atoms with E-state index in [0.717, 1.165) is 11.8 Å². The predicted octanol–water partition coefficient (Wildman–Crippen LogP) is 4.03. The minimum Gasteiger partial charge on any atom is -0.489 e. The topological polar surface area (TPSA) is 84.5 Å². The van der Waals surface area contributed by atoms with Crippen molar-refractivity contribution >= 4 is 27.3 Å². The summed E-state index contributed by atoms with van der Waals surface area (Å²) in [6.07, 6.45) is 1.05. The van der Waals surface area contributed by atoms with E-state index in [1.165, 1.54) is 18.2 Å². The zero-order valence-electron chi connectivity index (χ0n) is 15.6. The summed E-state index contributed by atoms with van der Waals surface area (Å²) in [6.45, 7) is 0.241.